The predicted octanol–water partition coefficient (Wildman–Crippen LogP) is 1.18. The number of carbonyl (C=O) groups is 4. The number of likely N-dealkylation sites (tertiary alicyclic amines) is 1. The highest BCUT2D eigenvalue weighted by molar-refractivity contribution is 6.06. The second kappa shape index (κ2) is 6.18. The summed E-state index contributed by atoms with van der Waals surface area (Å²) in [5.41, 5.74) is -0.793. The number of ether oxygens (including phenoxy) is 1. The molecule has 150 valence electrons. The molecule has 8 heteroatoms. The van der Waals surface area contributed by atoms with Crippen LogP contribution in [0.4, 0.5) is 4.79 Å². The lowest BCUT2D eigenvalue weighted by atomic mass is 9.50. The van der Waals surface area contributed by atoms with Gasteiger partial charge in [0.25, 0.3) is 0 Å². The van der Waals surface area contributed by atoms with E-state index < -0.39 is 42.1 Å². The lowest BCUT2D eigenvalue weighted by molar-refractivity contribution is -0.144. The second-order valence-electron chi connectivity index (χ2n) is 8.95. The third-order valence-electron chi connectivity index (χ3n) is 6.12. The summed E-state index contributed by atoms with van der Waals surface area (Å²) >= 11 is 0. The van der Waals surface area contributed by atoms with Gasteiger partial charge in [-0.15, -0.1) is 0 Å². The average Bonchev–Trinajstić information content (AvgIpc) is 2.78. The zero-order valence-electron chi connectivity index (χ0n) is 16.0. The molecule has 3 amide bonds. The quantitative estimate of drug-likeness (QED) is 0.552. The minimum Gasteiger partial charge on any atom is -0.480 e. The molecule has 0 spiro atoms. The number of amides is 3. The summed E-state index contributed by atoms with van der Waals surface area (Å²) in [5.74, 6) is -2.37. The number of aliphatic carboxylic acids is 1. The van der Waals surface area contributed by atoms with E-state index >= 15 is 0 Å². The lowest BCUT2D eigenvalue weighted by Crippen LogP contribution is -2.51. The fraction of sp³-hybridized carbons (Fsp3) is 0.600. The third kappa shape index (κ3) is 2.82. The fourth-order valence-corrected chi connectivity index (χ4v) is 4.95. The molecule has 1 aliphatic heterocycles. The minimum absolute atomic E-state index is 0.0199. The number of carboxylic acid groups (broad SMARTS) is 1. The van der Waals surface area contributed by atoms with Gasteiger partial charge in [0, 0.05) is 0 Å². The molecule has 5 unspecified atom stereocenters. The van der Waals surface area contributed by atoms with Crippen molar-refractivity contribution >= 4 is 23.9 Å². The van der Waals surface area contributed by atoms with Crippen molar-refractivity contribution in [2.24, 2.45) is 35.5 Å². The molecule has 0 aromatic heterocycles. The van der Waals surface area contributed by atoms with Crippen LogP contribution in [0.5, 0.6) is 0 Å². The third-order valence-corrected chi connectivity index (χ3v) is 6.12. The molecular weight excluding hydrogens is 364 g/mol. The number of nitrogens with one attached hydrogen (secondary N) is 1. The number of nitrogens with zero attached hydrogens (tertiary/aromatic N) is 1. The van der Waals surface area contributed by atoms with E-state index in [0.717, 1.165) is 4.90 Å². The summed E-state index contributed by atoms with van der Waals surface area (Å²) in [5, 5.41) is 11.7. The average molecular weight is 388 g/mol. The van der Waals surface area contributed by atoms with Crippen LogP contribution in [-0.4, -0.2) is 52.1 Å². The summed E-state index contributed by atoms with van der Waals surface area (Å²) in [6.07, 6.45) is 7.33. The molecule has 8 nitrogen and oxygen atoms in total. The molecule has 2 N–H and O–H groups in total. The van der Waals surface area contributed by atoms with Crippen LogP contribution in [0.1, 0.15) is 20.8 Å². The van der Waals surface area contributed by atoms with E-state index in [1.807, 2.05) is 12.2 Å². The van der Waals surface area contributed by atoms with Crippen LogP contribution >= 0.6 is 0 Å². The van der Waals surface area contributed by atoms with Crippen LogP contribution in [0.2, 0.25) is 0 Å². The Balaban J connectivity index is 1.50. The van der Waals surface area contributed by atoms with Crippen LogP contribution in [0, 0.1) is 35.5 Å². The molecule has 4 aliphatic carbocycles. The van der Waals surface area contributed by atoms with Gasteiger partial charge in [0.2, 0.25) is 11.8 Å². The first-order valence-corrected chi connectivity index (χ1v) is 9.52. The topological polar surface area (TPSA) is 113 Å². The van der Waals surface area contributed by atoms with Gasteiger partial charge in [-0.2, -0.15) is 0 Å². The van der Waals surface area contributed by atoms with Gasteiger partial charge in [-0.25, -0.2) is 9.59 Å². The molecule has 5 rings (SSSR count). The van der Waals surface area contributed by atoms with Gasteiger partial charge < -0.3 is 15.2 Å². The van der Waals surface area contributed by atoms with Crippen LogP contribution in [-0.2, 0) is 19.1 Å². The van der Waals surface area contributed by atoms with Crippen LogP contribution in [0.15, 0.2) is 24.3 Å². The van der Waals surface area contributed by atoms with Crippen LogP contribution < -0.4 is 5.32 Å². The first kappa shape index (κ1) is 18.7. The van der Waals surface area contributed by atoms with Gasteiger partial charge in [-0.1, -0.05) is 24.3 Å². The predicted molar refractivity (Wildman–Crippen MR) is 96.7 cm³/mol. The van der Waals surface area contributed by atoms with Gasteiger partial charge in [0.15, 0.2) is 0 Å². The van der Waals surface area contributed by atoms with Gasteiger partial charge >= 0.3 is 12.1 Å². The SMILES string of the molecule is CC(C)(C)OC(=O)NC(CN1C(=O)[C@@H]2C3C=CC(C4C=CC43)[C@@H]2C1=O)C(=O)O. The Morgan fingerprint density at radius 1 is 1.04 bits per heavy atom. The second-order valence-corrected chi connectivity index (χ2v) is 8.95. The minimum atomic E-state index is -1.43. The molecule has 2 bridgehead atoms. The molecule has 1 saturated heterocycles. The van der Waals surface area contributed by atoms with E-state index in [4.69, 9.17) is 4.74 Å². The fourth-order valence-electron chi connectivity index (χ4n) is 4.95. The Hall–Kier alpha value is -2.64. The van der Waals surface area contributed by atoms with Crippen molar-refractivity contribution in [1.82, 2.24) is 10.2 Å². The standard InChI is InChI=1S/C20H24N2O6/c1-20(2,3)28-19(27)21-13(18(25)26)8-22-16(23)14-11-6-7-12(15(14)17(22)24)10-5-4-9(10)11/h4-7,9-15H,8H2,1-3H3,(H,21,27)(H,25,26)/t9?,10?,11?,12?,13?,14-,15+. The Morgan fingerprint density at radius 3 is 1.89 bits per heavy atom. The number of alkyl carbamates (subject to hydrolysis) is 1. The van der Waals surface area contributed by atoms with Crippen LogP contribution in [0.3, 0.4) is 0 Å². The normalized spacial score (nSPS) is 35.9. The Kier molecular flexibility index (Phi) is 4.13. The summed E-state index contributed by atoms with van der Waals surface area (Å²) in [7, 11) is 0. The molecule has 2 fully saturated rings. The highest BCUT2D eigenvalue weighted by Crippen LogP contribution is 2.58. The first-order valence-electron chi connectivity index (χ1n) is 9.52. The number of rotatable bonds is 4. The molecular formula is C20H24N2O6. The van der Waals surface area contributed by atoms with Crippen molar-refractivity contribution in [3.8, 4) is 0 Å². The summed E-state index contributed by atoms with van der Waals surface area (Å²) in [4.78, 5) is 50.6. The Labute approximate surface area is 162 Å². The lowest BCUT2D eigenvalue weighted by Gasteiger charge is -2.51. The summed E-state index contributed by atoms with van der Waals surface area (Å²) in [6.45, 7) is 4.57. The molecule has 5 aliphatic rings. The number of hydrogen-bond acceptors (Lipinski definition) is 5. The van der Waals surface area contributed by atoms with E-state index in [9.17, 15) is 24.3 Å². The molecule has 0 radical (unpaired) electrons. The van der Waals surface area contributed by atoms with E-state index in [1.54, 1.807) is 20.8 Å². The molecule has 0 aromatic rings. The van der Waals surface area contributed by atoms with Crippen LogP contribution in [0.25, 0.3) is 0 Å². The summed E-state index contributed by atoms with van der Waals surface area (Å²) < 4.78 is 5.09. The van der Waals surface area contributed by atoms with Gasteiger partial charge in [0.05, 0.1) is 18.4 Å². The van der Waals surface area contributed by atoms with Crippen molar-refractivity contribution in [2.75, 3.05) is 6.54 Å². The maximum absolute atomic E-state index is 13.0. The van der Waals surface area contributed by atoms with Gasteiger partial charge in [0.1, 0.15) is 11.6 Å². The number of carbonyl (C=O) groups excluding carboxylic acids is 3. The van der Waals surface area contributed by atoms with E-state index in [1.165, 1.54) is 0 Å². The van der Waals surface area contributed by atoms with Gasteiger partial charge in [-0.3, -0.25) is 14.5 Å². The Bertz CT molecular complexity index is 770. The molecule has 28 heavy (non-hydrogen) atoms. The zero-order chi connectivity index (χ0) is 20.4. The van der Waals surface area contributed by atoms with Crippen molar-refractivity contribution in [3.05, 3.63) is 24.3 Å². The monoisotopic (exact) mass is 388 g/mol. The largest absolute Gasteiger partial charge is 0.480 e. The first-order chi connectivity index (χ1) is 13.1. The number of hydrogen-bond donors (Lipinski definition) is 2. The highest BCUT2D eigenvalue weighted by atomic mass is 16.6. The maximum Gasteiger partial charge on any atom is 0.408 e. The smallest absolute Gasteiger partial charge is 0.408 e. The van der Waals surface area contributed by atoms with Crippen molar-refractivity contribution in [2.45, 2.75) is 32.4 Å². The van der Waals surface area contributed by atoms with E-state index in [-0.39, 0.29) is 35.5 Å². The van der Waals surface area contributed by atoms with Crippen molar-refractivity contribution < 1.29 is 29.0 Å². The zero-order valence-corrected chi connectivity index (χ0v) is 16.0. The molecule has 1 heterocycles. The van der Waals surface area contributed by atoms with Gasteiger partial charge in [-0.05, 0) is 44.4 Å². The van der Waals surface area contributed by atoms with E-state index in [2.05, 4.69) is 17.5 Å². The molecule has 7 atom stereocenters. The molecule has 0 aromatic carbocycles. The van der Waals surface area contributed by atoms with Crippen molar-refractivity contribution in [3.63, 3.8) is 0 Å². The Morgan fingerprint density at radius 2 is 1.50 bits per heavy atom. The number of carboxylic acids is 1. The molecule has 1 saturated carbocycles. The number of allylic oxidation sites excluding steroid dienone is 4. The van der Waals surface area contributed by atoms with E-state index in [0.29, 0.717) is 0 Å². The summed E-state index contributed by atoms with van der Waals surface area (Å²) in [6, 6.07) is -1.43. The highest BCUT2D eigenvalue weighted by Gasteiger charge is 2.62. The maximum atomic E-state index is 13.0. The van der Waals surface area contributed by atoms with Crippen molar-refractivity contribution in [1.29, 1.82) is 0 Å². The number of imide groups is 1.